The number of benzene rings is 1. The maximum atomic E-state index is 10.9. The minimum atomic E-state index is -0.389. The summed E-state index contributed by atoms with van der Waals surface area (Å²) in [6.07, 6.45) is 0.813. The van der Waals surface area contributed by atoms with Crippen LogP contribution in [0.15, 0.2) is 22.7 Å². The first-order valence-corrected chi connectivity index (χ1v) is 4.80. The number of hydrogen-bond donors (Lipinski definition) is 0. The second-order valence-electron chi connectivity index (χ2n) is 2.43. The summed E-state index contributed by atoms with van der Waals surface area (Å²) in [4.78, 5) is 10.9. The summed E-state index contributed by atoms with van der Waals surface area (Å²) in [5.74, 6) is 0. The number of carbonyl (C=O) groups is 1. The van der Waals surface area contributed by atoms with Crippen LogP contribution in [0.2, 0.25) is 0 Å². The number of carbonyl (C=O) groups excluding carboxylic acids is 1. The van der Waals surface area contributed by atoms with E-state index in [1.807, 2.05) is 19.1 Å². The second-order valence-corrected chi connectivity index (χ2v) is 3.69. The van der Waals surface area contributed by atoms with E-state index in [0.29, 0.717) is 5.56 Å². The van der Waals surface area contributed by atoms with Crippen LogP contribution in [0.25, 0.3) is 0 Å². The van der Waals surface area contributed by atoms with Crippen molar-refractivity contribution in [1.29, 1.82) is 0 Å². The van der Waals surface area contributed by atoms with Gasteiger partial charge in [0.2, 0.25) is 0 Å². The zero-order chi connectivity index (χ0) is 9.14. The predicted molar refractivity (Wildman–Crippen MR) is 53.7 cm³/mol. The first kappa shape index (κ1) is 9.75. The van der Waals surface area contributed by atoms with E-state index in [-0.39, 0.29) is 5.24 Å². The SMILES string of the molecule is CCc1cc(Br)ccc1C(=O)Cl. The Morgan fingerprint density at radius 1 is 1.58 bits per heavy atom. The molecular formula is C9H8BrClO. The van der Waals surface area contributed by atoms with Gasteiger partial charge in [0.15, 0.2) is 0 Å². The van der Waals surface area contributed by atoms with Crippen LogP contribution >= 0.6 is 27.5 Å². The molecule has 1 aromatic carbocycles. The molecular weight excluding hydrogens is 239 g/mol. The monoisotopic (exact) mass is 246 g/mol. The average molecular weight is 248 g/mol. The summed E-state index contributed by atoms with van der Waals surface area (Å²) in [6.45, 7) is 1.99. The normalized spacial score (nSPS) is 9.92. The molecule has 0 spiro atoms. The van der Waals surface area contributed by atoms with Gasteiger partial charge < -0.3 is 0 Å². The summed E-state index contributed by atoms with van der Waals surface area (Å²) in [7, 11) is 0. The standard InChI is InChI=1S/C9H8BrClO/c1-2-6-5-7(10)3-4-8(6)9(11)12/h3-5H,2H2,1H3. The third-order valence-electron chi connectivity index (χ3n) is 1.66. The molecule has 0 bridgehead atoms. The van der Waals surface area contributed by atoms with Gasteiger partial charge in [0, 0.05) is 10.0 Å². The summed E-state index contributed by atoms with van der Waals surface area (Å²) < 4.78 is 0.973. The summed E-state index contributed by atoms with van der Waals surface area (Å²) in [6, 6.07) is 5.46. The third-order valence-corrected chi connectivity index (χ3v) is 2.36. The molecule has 1 aromatic rings. The van der Waals surface area contributed by atoms with E-state index in [9.17, 15) is 4.79 Å². The molecule has 0 saturated heterocycles. The second kappa shape index (κ2) is 4.06. The van der Waals surface area contributed by atoms with Crippen molar-refractivity contribution in [3.8, 4) is 0 Å². The van der Waals surface area contributed by atoms with Crippen molar-refractivity contribution >= 4 is 32.8 Å². The Balaban J connectivity index is 3.20. The molecule has 12 heavy (non-hydrogen) atoms. The Hall–Kier alpha value is -0.340. The molecule has 1 rings (SSSR count). The molecule has 0 saturated carbocycles. The molecule has 0 aliphatic rings. The van der Waals surface area contributed by atoms with E-state index < -0.39 is 0 Å². The Labute approximate surface area is 84.9 Å². The lowest BCUT2D eigenvalue weighted by atomic mass is 10.1. The van der Waals surface area contributed by atoms with Gasteiger partial charge in [-0.25, -0.2) is 0 Å². The Morgan fingerprint density at radius 2 is 2.25 bits per heavy atom. The van der Waals surface area contributed by atoms with Crippen LogP contribution in [-0.4, -0.2) is 5.24 Å². The van der Waals surface area contributed by atoms with Crippen molar-refractivity contribution in [2.45, 2.75) is 13.3 Å². The van der Waals surface area contributed by atoms with Crippen LogP contribution in [-0.2, 0) is 6.42 Å². The Kier molecular flexibility index (Phi) is 3.29. The Morgan fingerprint density at radius 3 is 2.75 bits per heavy atom. The summed E-state index contributed by atoms with van der Waals surface area (Å²) >= 11 is 8.72. The highest BCUT2D eigenvalue weighted by atomic mass is 79.9. The molecule has 1 nitrogen and oxygen atoms in total. The molecule has 0 amide bonds. The van der Waals surface area contributed by atoms with Crippen LogP contribution in [0, 0.1) is 0 Å². The van der Waals surface area contributed by atoms with Gasteiger partial charge in [0.1, 0.15) is 0 Å². The molecule has 0 aliphatic carbocycles. The molecule has 0 aromatic heterocycles. The van der Waals surface area contributed by atoms with Gasteiger partial charge in [0.05, 0.1) is 0 Å². The van der Waals surface area contributed by atoms with Crippen molar-refractivity contribution < 1.29 is 4.79 Å². The van der Waals surface area contributed by atoms with Crippen molar-refractivity contribution in [3.05, 3.63) is 33.8 Å². The molecule has 0 aliphatic heterocycles. The van der Waals surface area contributed by atoms with Crippen LogP contribution in [0.4, 0.5) is 0 Å². The number of aryl methyl sites for hydroxylation is 1. The largest absolute Gasteiger partial charge is 0.276 e. The van der Waals surface area contributed by atoms with Gasteiger partial charge in [-0.1, -0.05) is 22.9 Å². The highest BCUT2D eigenvalue weighted by molar-refractivity contribution is 9.10. The zero-order valence-corrected chi connectivity index (χ0v) is 8.95. The highest BCUT2D eigenvalue weighted by Crippen LogP contribution is 2.18. The van der Waals surface area contributed by atoms with E-state index in [1.54, 1.807) is 6.07 Å². The lowest BCUT2D eigenvalue weighted by Crippen LogP contribution is -1.95. The van der Waals surface area contributed by atoms with Gasteiger partial charge in [-0.3, -0.25) is 4.79 Å². The summed E-state index contributed by atoms with van der Waals surface area (Å²) in [5, 5.41) is -0.389. The van der Waals surface area contributed by atoms with Gasteiger partial charge in [-0.15, -0.1) is 0 Å². The fraction of sp³-hybridized carbons (Fsp3) is 0.222. The Bertz CT molecular complexity index is 309. The molecule has 0 unspecified atom stereocenters. The van der Waals surface area contributed by atoms with Gasteiger partial charge >= 0.3 is 0 Å². The maximum absolute atomic E-state index is 10.9. The molecule has 64 valence electrons. The van der Waals surface area contributed by atoms with Gasteiger partial charge in [0.25, 0.3) is 5.24 Å². The van der Waals surface area contributed by atoms with E-state index in [1.165, 1.54) is 0 Å². The lowest BCUT2D eigenvalue weighted by Gasteiger charge is -2.02. The van der Waals surface area contributed by atoms with E-state index >= 15 is 0 Å². The molecule has 0 heterocycles. The first-order chi connectivity index (χ1) is 5.65. The number of halogens is 2. The predicted octanol–water partition coefficient (Wildman–Crippen LogP) is 3.39. The zero-order valence-electron chi connectivity index (χ0n) is 6.60. The van der Waals surface area contributed by atoms with Crippen molar-refractivity contribution in [3.63, 3.8) is 0 Å². The minimum absolute atomic E-state index is 0.389. The third kappa shape index (κ3) is 2.08. The van der Waals surface area contributed by atoms with Crippen LogP contribution in [0.5, 0.6) is 0 Å². The number of rotatable bonds is 2. The smallest absolute Gasteiger partial charge is 0.252 e. The molecule has 0 atom stereocenters. The fourth-order valence-electron chi connectivity index (χ4n) is 1.05. The van der Waals surface area contributed by atoms with Crippen LogP contribution < -0.4 is 0 Å². The molecule has 3 heteroatoms. The topological polar surface area (TPSA) is 17.1 Å². The van der Waals surface area contributed by atoms with Crippen molar-refractivity contribution in [1.82, 2.24) is 0 Å². The molecule has 0 N–H and O–H groups in total. The quantitative estimate of drug-likeness (QED) is 0.732. The van der Waals surface area contributed by atoms with Crippen molar-refractivity contribution in [2.24, 2.45) is 0 Å². The van der Waals surface area contributed by atoms with Gasteiger partial charge in [-0.2, -0.15) is 0 Å². The highest BCUT2D eigenvalue weighted by Gasteiger charge is 2.06. The van der Waals surface area contributed by atoms with E-state index in [0.717, 1.165) is 16.5 Å². The number of hydrogen-bond acceptors (Lipinski definition) is 1. The maximum Gasteiger partial charge on any atom is 0.252 e. The lowest BCUT2D eigenvalue weighted by molar-refractivity contribution is 0.108. The van der Waals surface area contributed by atoms with E-state index in [2.05, 4.69) is 15.9 Å². The van der Waals surface area contributed by atoms with Crippen LogP contribution in [0.1, 0.15) is 22.8 Å². The minimum Gasteiger partial charge on any atom is -0.276 e. The van der Waals surface area contributed by atoms with Crippen molar-refractivity contribution in [2.75, 3.05) is 0 Å². The van der Waals surface area contributed by atoms with Crippen LogP contribution in [0.3, 0.4) is 0 Å². The summed E-state index contributed by atoms with van der Waals surface area (Å²) in [5.41, 5.74) is 1.58. The first-order valence-electron chi connectivity index (χ1n) is 3.63. The molecule has 0 fully saturated rings. The fourth-order valence-corrected chi connectivity index (χ4v) is 1.64. The van der Waals surface area contributed by atoms with Gasteiger partial charge in [-0.05, 0) is 41.8 Å². The van der Waals surface area contributed by atoms with E-state index in [4.69, 9.17) is 11.6 Å². The average Bonchev–Trinajstić information content (AvgIpc) is 2.03. The molecule has 0 radical (unpaired) electrons.